The molecular formula is C15H15BrFNO2. The summed E-state index contributed by atoms with van der Waals surface area (Å²) < 4.78 is 25.1. The summed E-state index contributed by atoms with van der Waals surface area (Å²) in [6, 6.07) is 12.2. The van der Waals surface area contributed by atoms with Crippen molar-refractivity contribution in [3.8, 4) is 11.5 Å². The van der Waals surface area contributed by atoms with Gasteiger partial charge < -0.3 is 14.8 Å². The molecule has 0 saturated heterocycles. The highest BCUT2D eigenvalue weighted by Crippen LogP contribution is 2.21. The molecule has 0 bridgehead atoms. The van der Waals surface area contributed by atoms with E-state index < -0.39 is 0 Å². The van der Waals surface area contributed by atoms with Gasteiger partial charge in [0, 0.05) is 17.1 Å². The largest absolute Gasteiger partial charge is 0.497 e. The molecule has 2 aromatic carbocycles. The topological polar surface area (TPSA) is 30.5 Å². The summed E-state index contributed by atoms with van der Waals surface area (Å²) in [6.07, 6.45) is 0. The van der Waals surface area contributed by atoms with Crippen LogP contribution >= 0.6 is 15.9 Å². The van der Waals surface area contributed by atoms with Crippen molar-refractivity contribution >= 4 is 21.6 Å². The first-order valence-electron chi connectivity index (χ1n) is 6.15. The van der Waals surface area contributed by atoms with Crippen LogP contribution in [0.15, 0.2) is 46.9 Å². The van der Waals surface area contributed by atoms with Crippen LogP contribution in [0.5, 0.6) is 11.5 Å². The minimum Gasteiger partial charge on any atom is -0.497 e. The first kappa shape index (κ1) is 14.7. The molecule has 20 heavy (non-hydrogen) atoms. The molecule has 3 nitrogen and oxygen atoms in total. The van der Waals surface area contributed by atoms with E-state index in [-0.39, 0.29) is 5.82 Å². The van der Waals surface area contributed by atoms with Crippen molar-refractivity contribution < 1.29 is 13.9 Å². The number of methoxy groups -OCH3 is 1. The van der Waals surface area contributed by atoms with Crippen LogP contribution in [-0.2, 0) is 0 Å². The Morgan fingerprint density at radius 2 is 2.00 bits per heavy atom. The maximum Gasteiger partial charge on any atom is 0.146 e. The first-order chi connectivity index (χ1) is 9.69. The minimum atomic E-state index is -0.312. The van der Waals surface area contributed by atoms with Gasteiger partial charge in [0.2, 0.25) is 0 Å². The van der Waals surface area contributed by atoms with Gasteiger partial charge in [0.25, 0.3) is 0 Å². The lowest BCUT2D eigenvalue weighted by Gasteiger charge is -2.10. The van der Waals surface area contributed by atoms with Crippen molar-refractivity contribution in [2.45, 2.75) is 0 Å². The molecule has 0 aromatic heterocycles. The van der Waals surface area contributed by atoms with Gasteiger partial charge in [-0.15, -0.1) is 0 Å². The van der Waals surface area contributed by atoms with Gasteiger partial charge in [-0.25, -0.2) is 4.39 Å². The number of ether oxygens (including phenoxy) is 2. The van der Waals surface area contributed by atoms with E-state index in [0.717, 1.165) is 10.2 Å². The molecule has 0 amide bonds. The summed E-state index contributed by atoms with van der Waals surface area (Å²) in [7, 11) is 1.55. The quantitative estimate of drug-likeness (QED) is 0.804. The molecule has 0 radical (unpaired) electrons. The van der Waals surface area contributed by atoms with Crippen LogP contribution in [0.2, 0.25) is 0 Å². The Kier molecular flexibility index (Phi) is 5.24. The summed E-state index contributed by atoms with van der Waals surface area (Å²) >= 11 is 3.37. The lowest BCUT2D eigenvalue weighted by molar-refractivity contribution is 0.332. The van der Waals surface area contributed by atoms with E-state index in [1.165, 1.54) is 6.07 Å². The maximum atomic E-state index is 13.5. The van der Waals surface area contributed by atoms with Gasteiger partial charge in [-0.1, -0.05) is 22.0 Å². The molecule has 0 aliphatic rings. The summed E-state index contributed by atoms with van der Waals surface area (Å²) in [4.78, 5) is 0. The predicted octanol–water partition coefficient (Wildman–Crippen LogP) is 4.09. The standard InChI is InChI=1S/C15H15BrFNO2/c1-19-12-5-6-14(17)15(10-12)18-7-8-20-13-4-2-3-11(16)9-13/h2-6,9-10,18H,7-8H2,1H3. The highest BCUT2D eigenvalue weighted by atomic mass is 79.9. The van der Waals surface area contributed by atoms with Crippen molar-refractivity contribution in [2.75, 3.05) is 25.6 Å². The van der Waals surface area contributed by atoms with E-state index in [1.807, 2.05) is 24.3 Å². The third-order valence-electron chi connectivity index (χ3n) is 2.66. The first-order valence-corrected chi connectivity index (χ1v) is 6.94. The van der Waals surface area contributed by atoms with Gasteiger partial charge in [-0.3, -0.25) is 0 Å². The van der Waals surface area contributed by atoms with Crippen LogP contribution in [0, 0.1) is 5.82 Å². The van der Waals surface area contributed by atoms with Crippen molar-refractivity contribution in [2.24, 2.45) is 0 Å². The molecule has 0 spiro atoms. The molecule has 2 aromatic rings. The van der Waals surface area contributed by atoms with Crippen molar-refractivity contribution in [1.29, 1.82) is 0 Å². The molecule has 5 heteroatoms. The van der Waals surface area contributed by atoms with Gasteiger partial charge in [0.05, 0.1) is 12.8 Å². The van der Waals surface area contributed by atoms with E-state index in [4.69, 9.17) is 9.47 Å². The highest BCUT2D eigenvalue weighted by molar-refractivity contribution is 9.10. The monoisotopic (exact) mass is 339 g/mol. The van der Waals surface area contributed by atoms with Gasteiger partial charge in [-0.2, -0.15) is 0 Å². The third kappa shape index (κ3) is 4.13. The maximum absolute atomic E-state index is 13.5. The Balaban J connectivity index is 1.84. The molecule has 0 heterocycles. The number of hydrogen-bond acceptors (Lipinski definition) is 3. The number of nitrogens with one attached hydrogen (secondary N) is 1. The fraction of sp³-hybridized carbons (Fsp3) is 0.200. The van der Waals surface area contributed by atoms with E-state index in [0.29, 0.717) is 24.6 Å². The van der Waals surface area contributed by atoms with Gasteiger partial charge in [-0.05, 0) is 30.3 Å². The predicted molar refractivity (Wildman–Crippen MR) is 81.1 cm³/mol. The summed E-state index contributed by atoms with van der Waals surface area (Å²) in [5.74, 6) is 1.07. The molecule has 0 aliphatic heterocycles. The van der Waals surface area contributed by atoms with Crippen LogP contribution in [0.1, 0.15) is 0 Å². The Labute approximate surface area is 125 Å². The molecule has 1 N–H and O–H groups in total. The zero-order chi connectivity index (χ0) is 14.4. The molecule has 0 aliphatic carbocycles. The number of halogens is 2. The highest BCUT2D eigenvalue weighted by Gasteiger charge is 2.03. The number of rotatable bonds is 6. The third-order valence-corrected chi connectivity index (χ3v) is 3.15. The average Bonchev–Trinajstić information content (AvgIpc) is 2.45. The minimum absolute atomic E-state index is 0.312. The summed E-state index contributed by atoms with van der Waals surface area (Å²) in [5, 5.41) is 2.98. The van der Waals surface area contributed by atoms with E-state index >= 15 is 0 Å². The molecule has 0 atom stereocenters. The SMILES string of the molecule is COc1ccc(F)c(NCCOc2cccc(Br)c2)c1. The smallest absolute Gasteiger partial charge is 0.146 e. The van der Waals surface area contributed by atoms with Crippen molar-refractivity contribution in [1.82, 2.24) is 0 Å². The van der Waals surface area contributed by atoms with Gasteiger partial charge >= 0.3 is 0 Å². The zero-order valence-electron chi connectivity index (χ0n) is 11.0. The van der Waals surface area contributed by atoms with Crippen LogP contribution in [-0.4, -0.2) is 20.3 Å². The van der Waals surface area contributed by atoms with Gasteiger partial charge in [0.1, 0.15) is 23.9 Å². The molecule has 106 valence electrons. The number of hydrogen-bond donors (Lipinski definition) is 1. The van der Waals surface area contributed by atoms with Crippen LogP contribution < -0.4 is 14.8 Å². The number of anilines is 1. The Morgan fingerprint density at radius 1 is 1.15 bits per heavy atom. The molecule has 0 saturated carbocycles. The van der Waals surface area contributed by atoms with Crippen LogP contribution in [0.3, 0.4) is 0 Å². The molecule has 0 unspecified atom stereocenters. The fourth-order valence-electron chi connectivity index (χ4n) is 1.68. The van der Waals surface area contributed by atoms with Crippen LogP contribution in [0.25, 0.3) is 0 Å². The Hall–Kier alpha value is -1.75. The average molecular weight is 340 g/mol. The second kappa shape index (κ2) is 7.14. The normalized spacial score (nSPS) is 10.2. The Morgan fingerprint density at radius 3 is 2.75 bits per heavy atom. The fourth-order valence-corrected chi connectivity index (χ4v) is 2.06. The lowest BCUT2D eigenvalue weighted by Crippen LogP contribution is -2.12. The van der Waals surface area contributed by atoms with E-state index in [1.54, 1.807) is 19.2 Å². The van der Waals surface area contributed by atoms with Crippen molar-refractivity contribution in [3.63, 3.8) is 0 Å². The summed E-state index contributed by atoms with van der Waals surface area (Å²) in [6.45, 7) is 0.934. The van der Waals surface area contributed by atoms with Crippen LogP contribution in [0.4, 0.5) is 10.1 Å². The summed E-state index contributed by atoms with van der Waals surface area (Å²) in [5.41, 5.74) is 0.405. The second-order valence-corrected chi connectivity index (χ2v) is 4.99. The molecule has 0 fully saturated rings. The lowest BCUT2D eigenvalue weighted by atomic mass is 10.3. The van der Waals surface area contributed by atoms with E-state index in [2.05, 4.69) is 21.2 Å². The van der Waals surface area contributed by atoms with E-state index in [9.17, 15) is 4.39 Å². The molecule has 2 rings (SSSR count). The Bertz CT molecular complexity index is 578. The zero-order valence-corrected chi connectivity index (χ0v) is 12.6. The number of benzene rings is 2. The second-order valence-electron chi connectivity index (χ2n) is 4.08. The molecular weight excluding hydrogens is 325 g/mol. The van der Waals surface area contributed by atoms with Gasteiger partial charge in [0.15, 0.2) is 0 Å². The van der Waals surface area contributed by atoms with Crippen molar-refractivity contribution in [3.05, 3.63) is 52.8 Å².